The van der Waals surface area contributed by atoms with Crippen LogP contribution in [0.3, 0.4) is 0 Å². The summed E-state index contributed by atoms with van der Waals surface area (Å²) in [6.45, 7) is 0. The molecule has 0 spiro atoms. The van der Waals surface area contributed by atoms with Crippen LogP contribution < -0.4 is 0 Å². The van der Waals surface area contributed by atoms with Gasteiger partial charge in [0.15, 0.2) is 0 Å². The standard InChI is InChI=1S/C17H15NOS/c19-16-15(12-11-13-7-3-1-4-8-13)20-17(18-16)14-9-5-2-6-10-14/h1-10,19H,11-12H2. The number of hydrogen-bond donors (Lipinski definition) is 1. The van der Waals surface area contributed by atoms with E-state index in [0.29, 0.717) is 0 Å². The number of hydrogen-bond acceptors (Lipinski definition) is 3. The van der Waals surface area contributed by atoms with Crippen LogP contribution in [-0.2, 0) is 12.8 Å². The summed E-state index contributed by atoms with van der Waals surface area (Å²) in [5.74, 6) is 0.171. The van der Waals surface area contributed by atoms with E-state index >= 15 is 0 Å². The molecule has 3 aromatic rings. The van der Waals surface area contributed by atoms with Gasteiger partial charge in [0.1, 0.15) is 5.01 Å². The number of nitrogens with zero attached hydrogens (tertiary/aromatic N) is 1. The first kappa shape index (κ1) is 12.9. The Morgan fingerprint density at radius 2 is 1.50 bits per heavy atom. The molecule has 2 nitrogen and oxygen atoms in total. The molecule has 0 aliphatic heterocycles. The molecule has 0 unspecified atom stereocenters. The summed E-state index contributed by atoms with van der Waals surface area (Å²) in [5, 5.41) is 10.9. The van der Waals surface area contributed by atoms with Crippen molar-refractivity contribution in [2.75, 3.05) is 0 Å². The minimum absolute atomic E-state index is 0.171. The number of benzene rings is 2. The lowest BCUT2D eigenvalue weighted by atomic mass is 10.1. The third-order valence-corrected chi connectivity index (χ3v) is 4.33. The summed E-state index contributed by atoms with van der Waals surface area (Å²) in [5.41, 5.74) is 2.33. The molecule has 0 aliphatic rings. The predicted octanol–water partition coefficient (Wildman–Crippen LogP) is 4.30. The van der Waals surface area contributed by atoms with E-state index in [1.807, 2.05) is 48.5 Å². The van der Waals surface area contributed by atoms with Gasteiger partial charge in [-0.1, -0.05) is 60.7 Å². The SMILES string of the molecule is Oc1nc(-c2ccccc2)sc1CCc1ccccc1. The second-order valence-electron chi connectivity index (χ2n) is 4.62. The van der Waals surface area contributed by atoms with Crippen LogP contribution in [0.2, 0.25) is 0 Å². The average Bonchev–Trinajstić information content (AvgIpc) is 2.88. The topological polar surface area (TPSA) is 33.1 Å². The summed E-state index contributed by atoms with van der Waals surface area (Å²) in [4.78, 5) is 5.22. The normalized spacial score (nSPS) is 10.6. The number of aromatic hydroxyl groups is 1. The summed E-state index contributed by atoms with van der Waals surface area (Å²) in [7, 11) is 0. The van der Waals surface area contributed by atoms with Gasteiger partial charge >= 0.3 is 0 Å². The molecule has 0 radical (unpaired) electrons. The number of thiazole rings is 1. The van der Waals surface area contributed by atoms with Crippen LogP contribution in [0.1, 0.15) is 10.4 Å². The molecule has 0 saturated heterocycles. The fraction of sp³-hybridized carbons (Fsp3) is 0.118. The van der Waals surface area contributed by atoms with E-state index < -0.39 is 0 Å². The lowest BCUT2D eigenvalue weighted by Gasteiger charge is -1.98. The fourth-order valence-corrected chi connectivity index (χ4v) is 3.07. The van der Waals surface area contributed by atoms with Gasteiger partial charge in [0, 0.05) is 5.56 Å². The van der Waals surface area contributed by atoms with Crippen LogP contribution >= 0.6 is 11.3 Å². The van der Waals surface area contributed by atoms with Gasteiger partial charge in [0.25, 0.3) is 0 Å². The molecule has 100 valence electrons. The van der Waals surface area contributed by atoms with Crippen molar-refractivity contribution in [1.82, 2.24) is 4.98 Å². The van der Waals surface area contributed by atoms with Gasteiger partial charge in [0.05, 0.1) is 4.88 Å². The van der Waals surface area contributed by atoms with Crippen LogP contribution in [0.4, 0.5) is 0 Å². The number of rotatable bonds is 4. The maximum absolute atomic E-state index is 9.97. The summed E-state index contributed by atoms with van der Waals surface area (Å²) >= 11 is 1.57. The minimum Gasteiger partial charge on any atom is -0.492 e. The van der Waals surface area contributed by atoms with Crippen molar-refractivity contribution in [3.05, 3.63) is 71.1 Å². The summed E-state index contributed by atoms with van der Waals surface area (Å²) < 4.78 is 0. The molecule has 2 aromatic carbocycles. The van der Waals surface area contributed by atoms with Crippen LogP contribution in [0.25, 0.3) is 10.6 Å². The van der Waals surface area contributed by atoms with Crippen molar-refractivity contribution in [3.63, 3.8) is 0 Å². The van der Waals surface area contributed by atoms with Gasteiger partial charge in [-0.15, -0.1) is 11.3 Å². The largest absolute Gasteiger partial charge is 0.492 e. The Bertz CT molecular complexity index is 677. The molecule has 20 heavy (non-hydrogen) atoms. The van der Waals surface area contributed by atoms with Crippen LogP contribution in [0, 0.1) is 0 Å². The molecule has 0 saturated carbocycles. The molecule has 0 bridgehead atoms. The fourth-order valence-electron chi connectivity index (χ4n) is 2.11. The van der Waals surface area contributed by atoms with E-state index in [-0.39, 0.29) is 5.88 Å². The van der Waals surface area contributed by atoms with Crippen LogP contribution in [-0.4, -0.2) is 10.1 Å². The van der Waals surface area contributed by atoms with Crippen molar-refractivity contribution in [1.29, 1.82) is 0 Å². The quantitative estimate of drug-likeness (QED) is 0.773. The van der Waals surface area contributed by atoms with E-state index in [0.717, 1.165) is 28.3 Å². The Kier molecular flexibility index (Phi) is 3.79. The Labute approximate surface area is 122 Å². The average molecular weight is 281 g/mol. The second kappa shape index (κ2) is 5.88. The lowest BCUT2D eigenvalue weighted by Crippen LogP contribution is -1.88. The first-order valence-corrected chi connectivity index (χ1v) is 7.42. The zero-order valence-corrected chi connectivity index (χ0v) is 11.8. The third-order valence-electron chi connectivity index (χ3n) is 3.18. The molecule has 1 heterocycles. The van der Waals surface area contributed by atoms with Crippen molar-refractivity contribution in [2.45, 2.75) is 12.8 Å². The molecule has 1 aromatic heterocycles. The number of aryl methyl sites for hydroxylation is 2. The maximum atomic E-state index is 9.97. The van der Waals surface area contributed by atoms with Crippen LogP contribution in [0.15, 0.2) is 60.7 Å². The first-order chi connectivity index (χ1) is 9.83. The van der Waals surface area contributed by atoms with E-state index in [1.165, 1.54) is 5.56 Å². The Hall–Kier alpha value is -2.13. The van der Waals surface area contributed by atoms with Gasteiger partial charge in [0.2, 0.25) is 5.88 Å². The van der Waals surface area contributed by atoms with E-state index in [9.17, 15) is 5.11 Å². The van der Waals surface area contributed by atoms with E-state index in [1.54, 1.807) is 11.3 Å². The lowest BCUT2D eigenvalue weighted by molar-refractivity contribution is 0.451. The van der Waals surface area contributed by atoms with Gasteiger partial charge in [-0.05, 0) is 18.4 Å². The van der Waals surface area contributed by atoms with Gasteiger partial charge in [-0.25, -0.2) is 4.98 Å². The molecule has 0 amide bonds. The highest BCUT2D eigenvalue weighted by molar-refractivity contribution is 7.15. The molecule has 3 rings (SSSR count). The monoisotopic (exact) mass is 281 g/mol. The smallest absolute Gasteiger partial charge is 0.225 e. The second-order valence-corrected chi connectivity index (χ2v) is 5.70. The Morgan fingerprint density at radius 1 is 0.850 bits per heavy atom. The molecule has 1 N–H and O–H groups in total. The van der Waals surface area contributed by atoms with Gasteiger partial charge < -0.3 is 5.11 Å². The molecular weight excluding hydrogens is 266 g/mol. The van der Waals surface area contributed by atoms with Crippen molar-refractivity contribution < 1.29 is 5.11 Å². The Balaban J connectivity index is 1.76. The molecule has 0 aliphatic carbocycles. The van der Waals surface area contributed by atoms with Crippen molar-refractivity contribution >= 4 is 11.3 Å². The summed E-state index contributed by atoms with van der Waals surface area (Å²) in [6.07, 6.45) is 1.74. The minimum atomic E-state index is 0.171. The van der Waals surface area contributed by atoms with Crippen LogP contribution in [0.5, 0.6) is 5.88 Å². The highest BCUT2D eigenvalue weighted by Gasteiger charge is 2.11. The molecule has 0 fully saturated rings. The zero-order valence-electron chi connectivity index (χ0n) is 11.0. The molecular formula is C17H15NOS. The number of aromatic nitrogens is 1. The van der Waals surface area contributed by atoms with E-state index in [2.05, 4.69) is 17.1 Å². The summed E-state index contributed by atoms with van der Waals surface area (Å²) in [6, 6.07) is 20.3. The van der Waals surface area contributed by atoms with Gasteiger partial charge in [-0.3, -0.25) is 0 Å². The third kappa shape index (κ3) is 2.89. The van der Waals surface area contributed by atoms with E-state index in [4.69, 9.17) is 0 Å². The zero-order chi connectivity index (χ0) is 13.8. The Morgan fingerprint density at radius 3 is 2.20 bits per heavy atom. The maximum Gasteiger partial charge on any atom is 0.225 e. The first-order valence-electron chi connectivity index (χ1n) is 6.61. The molecule has 3 heteroatoms. The highest BCUT2D eigenvalue weighted by atomic mass is 32.1. The van der Waals surface area contributed by atoms with Crippen molar-refractivity contribution in [2.24, 2.45) is 0 Å². The predicted molar refractivity (Wildman–Crippen MR) is 83.1 cm³/mol. The van der Waals surface area contributed by atoms with Gasteiger partial charge in [-0.2, -0.15) is 0 Å². The highest BCUT2D eigenvalue weighted by Crippen LogP contribution is 2.32. The van der Waals surface area contributed by atoms with Crippen molar-refractivity contribution in [3.8, 4) is 16.5 Å². The molecule has 0 atom stereocenters.